The number of hydrogen-bond acceptors (Lipinski definition) is 3. The van der Waals surface area contributed by atoms with Crippen LogP contribution >= 0.6 is 15.9 Å². The van der Waals surface area contributed by atoms with E-state index in [-0.39, 0.29) is 0 Å². The number of benzene rings is 1. The summed E-state index contributed by atoms with van der Waals surface area (Å²) in [7, 11) is 0. The second kappa shape index (κ2) is 5.17. The highest BCUT2D eigenvalue weighted by atomic mass is 79.9. The molecule has 0 saturated carbocycles. The number of nitro benzene ring substituents is 1. The SMILES string of the molecule is NC(=O)C(Br)Cc1c([N+](=O)[O-])ccc(F)c1F. The van der Waals surface area contributed by atoms with Crippen LogP contribution in [0.1, 0.15) is 5.56 Å². The summed E-state index contributed by atoms with van der Waals surface area (Å²) in [5.74, 6) is -3.37. The Morgan fingerprint density at radius 2 is 2.12 bits per heavy atom. The lowest BCUT2D eigenvalue weighted by Gasteiger charge is -2.07. The molecule has 0 aliphatic carbocycles. The number of amides is 1. The largest absolute Gasteiger partial charge is 0.369 e. The lowest BCUT2D eigenvalue weighted by atomic mass is 10.1. The second-order valence-electron chi connectivity index (χ2n) is 3.19. The van der Waals surface area contributed by atoms with Gasteiger partial charge in [0.1, 0.15) is 0 Å². The van der Waals surface area contributed by atoms with E-state index in [1.54, 1.807) is 0 Å². The fourth-order valence-electron chi connectivity index (χ4n) is 1.23. The molecule has 0 radical (unpaired) electrons. The van der Waals surface area contributed by atoms with Crippen LogP contribution in [0.4, 0.5) is 14.5 Å². The van der Waals surface area contributed by atoms with E-state index in [0.717, 1.165) is 6.07 Å². The van der Waals surface area contributed by atoms with Crippen LogP contribution in [-0.4, -0.2) is 15.7 Å². The molecule has 17 heavy (non-hydrogen) atoms. The van der Waals surface area contributed by atoms with Crippen molar-refractivity contribution >= 4 is 27.5 Å². The Morgan fingerprint density at radius 1 is 1.53 bits per heavy atom. The first-order valence-corrected chi connectivity index (χ1v) is 5.30. The average Bonchev–Trinajstić information content (AvgIpc) is 2.24. The van der Waals surface area contributed by atoms with Gasteiger partial charge >= 0.3 is 0 Å². The van der Waals surface area contributed by atoms with Gasteiger partial charge in [-0.2, -0.15) is 0 Å². The Hall–Kier alpha value is -1.57. The van der Waals surface area contributed by atoms with Crippen LogP contribution in [-0.2, 0) is 11.2 Å². The van der Waals surface area contributed by atoms with Gasteiger partial charge in [0.2, 0.25) is 5.91 Å². The first-order chi connectivity index (χ1) is 7.84. The van der Waals surface area contributed by atoms with Gasteiger partial charge in [-0.3, -0.25) is 14.9 Å². The van der Waals surface area contributed by atoms with Gasteiger partial charge in [0.15, 0.2) is 11.6 Å². The molecule has 0 heterocycles. The fourth-order valence-corrected chi connectivity index (χ4v) is 1.55. The van der Waals surface area contributed by atoms with Crippen LogP contribution in [0.5, 0.6) is 0 Å². The van der Waals surface area contributed by atoms with Crippen molar-refractivity contribution in [1.29, 1.82) is 0 Å². The van der Waals surface area contributed by atoms with E-state index in [2.05, 4.69) is 15.9 Å². The second-order valence-corrected chi connectivity index (χ2v) is 4.30. The molecule has 5 nitrogen and oxygen atoms in total. The van der Waals surface area contributed by atoms with Gasteiger partial charge in [0.25, 0.3) is 5.69 Å². The minimum Gasteiger partial charge on any atom is -0.369 e. The fraction of sp³-hybridized carbons (Fsp3) is 0.222. The topological polar surface area (TPSA) is 86.2 Å². The van der Waals surface area contributed by atoms with E-state index in [9.17, 15) is 23.7 Å². The number of rotatable bonds is 4. The van der Waals surface area contributed by atoms with Crippen molar-refractivity contribution in [3.8, 4) is 0 Å². The number of alkyl halides is 1. The average molecular weight is 309 g/mol. The molecule has 1 aromatic carbocycles. The number of halogens is 3. The molecule has 0 bridgehead atoms. The Balaban J connectivity index is 3.23. The summed E-state index contributed by atoms with van der Waals surface area (Å²) in [6.45, 7) is 0. The lowest BCUT2D eigenvalue weighted by molar-refractivity contribution is -0.385. The highest BCUT2D eigenvalue weighted by Gasteiger charge is 2.25. The zero-order chi connectivity index (χ0) is 13.2. The van der Waals surface area contributed by atoms with E-state index >= 15 is 0 Å². The van der Waals surface area contributed by atoms with Crippen LogP contribution in [0.2, 0.25) is 0 Å². The molecule has 0 fully saturated rings. The zero-order valence-corrected chi connectivity index (χ0v) is 9.91. The normalized spacial score (nSPS) is 12.2. The maximum absolute atomic E-state index is 13.4. The van der Waals surface area contributed by atoms with E-state index in [1.165, 1.54) is 0 Å². The molecule has 8 heteroatoms. The Morgan fingerprint density at radius 3 is 2.59 bits per heavy atom. The van der Waals surface area contributed by atoms with Gasteiger partial charge in [0, 0.05) is 12.5 Å². The predicted molar refractivity (Wildman–Crippen MR) is 58.6 cm³/mol. The molecular weight excluding hydrogens is 302 g/mol. The summed E-state index contributed by atoms with van der Waals surface area (Å²) < 4.78 is 26.3. The predicted octanol–water partition coefficient (Wildman–Crippen LogP) is 1.66. The van der Waals surface area contributed by atoms with Crippen LogP contribution in [0.25, 0.3) is 0 Å². The first-order valence-electron chi connectivity index (χ1n) is 4.39. The number of carbonyl (C=O) groups excluding carboxylic acids is 1. The van der Waals surface area contributed by atoms with Crippen molar-refractivity contribution in [2.75, 3.05) is 0 Å². The smallest absolute Gasteiger partial charge is 0.275 e. The molecule has 0 saturated heterocycles. The van der Waals surface area contributed by atoms with Gasteiger partial charge in [-0.05, 0) is 6.07 Å². The molecule has 0 aromatic heterocycles. The Labute approximate surface area is 103 Å². The number of primary amides is 1. The lowest BCUT2D eigenvalue weighted by Crippen LogP contribution is -2.25. The maximum Gasteiger partial charge on any atom is 0.275 e. The molecule has 0 aliphatic heterocycles. The molecule has 1 amide bonds. The van der Waals surface area contributed by atoms with Crippen LogP contribution in [0, 0.1) is 21.7 Å². The third-order valence-corrected chi connectivity index (χ3v) is 2.84. The summed E-state index contributed by atoms with van der Waals surface area (Å²) in [6.07, 6.45) is -0.394. The molecule has 2 N–H and O–H groups in total. The minimum atomic E-state index is -1.34. The number of carbonyl (C=O) groups is 1. The summed E-state index contributed by atoms with van der Waals surface area (Å²) in [4.78, 5) is 19.5. The summed E-state index contributed by atoms with van der Waals surface area (Å²) in [5.41, 5.74) is 3.85. The maximum atomic E-state index is 13.4. The monoisotopic (exact) mass is 308 g/mol. The number of hydrogen-bond donors (Lipinski definition) is 1. The van der Waals surface area contributed by atoms with E-state index in [4.69, 9.17) is 5.73 Å². The number of nitrogens with zero attached hydrogens (tertiary/aromatic N) is 1. The van der Waals surface area contributed by atoms with Gasteiger partial charge in [0.05, 0.1) is 15.3 Å². The molecular formula is C9H7BrF2N2O3. The Bertz CT molecular complexity index is 482. The molecule has 1 aromatic rings. The van der Waals surface area contributed by atoms with Crippen LogP contribution < -0.4 is 5.73 Å². The molecule has 0 aliphatic rings. The summed E-state index contributed by atoms with van der Waals surface area (Å²) in [6, 6.07) is 1.50. The van der Waals surface area contributed by atoms with E-state index in [0.29, 0.717) is 6.07 Å². The van der Waals surface area contributed by atoms with Gasteiger partial charge < -0.3 is 5.73 Å². The molecule has 1 unspecified atom stereocenters. The first kappa shape index (κ1) is 13.5. The van der Waals surface area contributed by atoms with Crippen molar-refractivity contribution in [3.63, 3.8) is 0 Å². The zero-order valence-electron chi connectivity index (χ0n) is 8.32. The standard InChI is InChI=1S/C9H7BrF2N2O3/c10-5(9(13)15)3-4-7(14(16)17)2-1-6(11)8(4)12/h1-2,5H,3H2,(H2,13,15). The highest BCUT2D eigenvalue weighted by Crippen LogP contribution is 2.26. The molecule has 1 atom stereocenters. The minimum absolute atomic E-state index is 0.394. The van der Waals surface area contributed by atoms with Gasteiger partial charge in [-0.1, -0.05) is 15.9 Å². The third kappa shape index (κ3) is 2.96. The molecule has 92 valence electrons. The van der Waals surface area contributed by atoms with Crippen molar-refractivity contribution < 1.29 is 18.5 Å². The highest BCUT2D eigenvalue weighted by molar-refractivity contribution is 9.10. The van der Waals surface area contributed by atoms with E-state index in [1.807, 2.05) is 0 Å². The van der Waals surface area contributed by atoms with Crippen molar-refractivity contribution in [2.24, 2.45) is 5.73 Å². The van der Waals surface area contributed by atoms with Crippen LogP contribution in [0.15, 0.2) is 12.1 Å². The van der Waals surface area contributed by atoms with Crippen molar-refractivity contribution in [1.82, 2.24) is 0 Å². The quantitative estimate of drug-likeness (QED) is 0.521. The summed E-state index contributed by atoms with van der Waals surface area (Å²) >= 11 is 2.83. The van der Waals surface area contributed by atoms with Gasteiger partial charge in [-0.25, -0.2) is 8.78 Å². The van der Waals surface area contributed by atoms with E-state index < -0.39 is 45.0 Å². The summed E-state index contributed by atoms with van der Waals surface area (Å²) in [5, 5.41) is 10.6. The van der Waals surface area contributed by atoms with Gasteiger partial charge in [-0.15, -0.1) is 0 Å². The van der Waals surface area contributed by atoms with Crippen LogP contribution in [0.3, 0.4) is 0 Å². The van der Waals surface area contributed by atoms with Crippen molar-refractivity contribution in [2.45, 2.75) is 11.2 Å². The molecule has 1 rings (SSSR count). The molecule has 0 spiro atoms. The number of nitrogens with two attached hydrogens (primary N) is 1. The third-order valence-electron chi connectivity index (χ3n) is 2.06. The van der Waals surface area contributed by atoms with Crippen molar-refractivity contribution in [3.05, 3.63) is 39.4 Å². The Kier molecular flexibility index (Phi) is 4.11. The number of nitro groups is 1.